The van der Waals surface area contributed by atoms with E-state index < -0.39 is 4.92 Å². The molecule has 0 aromatic carbocycles. The Balaban J connectivity index is 2.11. The highest BCUT2D eigenvalue weighted by Crippen LogP contribution is 2.27. The molecule has 1 aromatic rings. The van der Waals surface area contributed by atoms with E-state index in [2.05, 4.69) is 17.2 Å². The molecule has 1 saturated heterocycles. The first-order valence-corrected chi connectivity index (χ1v) is 6.66. The number of nitro groups is 1. The van der Waals surface area contributed by atoms with Gasteiger partial charge in [-0.2, -0.15) is 0 Å². The van der Waals surface area contributed by atoms with E-state index in [9.17, 15) is 10.1 Å². The molecule has 1 N–H and O–H groups in total. The van der Waals surface area contributed by atoms with Gasteiger partial charge in [0.2, 0.25) is 5.82 Å². The third-order valence-corrected chi connectivity index (χ3v) is 3.58. The van der Waals surface area contributed by atoms with Gasteiger partial charge in [0.05, 0.1) is 4.92 Å². The van der Waals surface area contributed by atoms with Crippen molar-refractivity contribution in [3.8, 4) is 0 Å². The Labute approximate surface area is 112 Å². The standard InChI is InChI=1S/C13H19N3O3/c1-2-11(10-5-8-19-9-6-10)15-13-12(16(17)18)4-3-7-14-13/h3-4,7,10-11H,2,5-6,8-9H2,1H3,(H,14,15)/t11-/m0/s1. The van der Waals surface area contributed by atoms with Gasteiger partial charge in [-0.1, -0.05) is 6.92 Å². The SMILES string of the molecule is CC[C@H](Nc1ncccc1[N+](=O)[O-])C1CCOCC1. The van der Waals surface area contributed by atoms with Gasteiger partial charge in [-0.3, -0.25) is 10.1 Å². The molecule has 6 nitrogen and oxygen atoms in total. The second-order valence-corrected chi connectivity index (χ2v) is 4.74. The second-order valence-electron chi connectivity index (χ2n) is 4.74. The van der Waals surface area contributed by atoms with Crippen LogP contribution < -0.4 is 5.32 Å². The van der Waals surface area contributed by atoms with Crippen LogP contribution in [0.25, 0.3) is 0 Å². The van der Waals surface area contributed by atoms with Crippen molar-refractivity contribution >= 4 is 11.5 Å². The molecule has 1 aliphatic heterocycles. The average molecular weight is 265 g/mol. The number of nitrogens with zero attached hydrogens (tertiary/aromatic N) is 2. The van der Waals surface area contributed by atoms with E-state index in [1.165, 1.54) is 6.07 Å². The van der Waals surface area contributed by atoms with E-state index in [0.717, 1.165) is 32.5 Å². The summed E-state index contributed by atoms with van der Waals surface area (Å²) in [5, 5.41) is 14.2. The van der Waals surface area contributed by atoms with Crippen molar-refractivity contribution < 1.29 is 9.66 Å². The van der Waals surface area contributed by atoms with Gasteiger partial charge in [0.25, 0.3) is 0 Å². The van der Waals surface area contributed by atoms with Crippen LogP contribution in [0.1, 0.15) is 26.2 Å². The van der Waals surface area contributed by atoms with Gasteiger partial charge in [0.15, 0.2) is 0 Å². The van der Waals surface area contributed by atoms with Crippen LogP contribution >= 0.6 is 0 Å². The van der Waals surface area contributed by atoms with E-state index in [0.29, 0.717) is 11.7 Å². The highest BCUT2D eigenvalue weighted by atomic mass is 16.6. The summed E-state index contributed by atoms with van der Waals surface area (Å²) in [6, 6.07) is 3.27. The molecule has 0 bridgehead atoms. The van der Waals surface area contributed by atoms with Gasteiger partial charge >= 0.3 is 5.69 Å². The molecule has 0 saturated carbocycles. The number of pyridine rings is 1. The summed E-state index contributed by atoms with van der Waals surface area (Å²) in [6.07, 6.45) is 4.47. The fraction of sp³-hybridized carbons (Fsp3) is 0.615. The lowest BCUT2D eigenvalue weighted by Crippen LogP contribution is -2.33. The zero-order chi connectivity index (χ0) is 13.7. The Kier molecular flexibility index (Phi) is 4.68. The number of rotatable bonds is 5. The minimum absolute atomic E-state index is 0.0352. The summed E-state index contributed by atoms with van der Waals surface area (Å²) >= 11 is 0. The van der Waals surface area contributed by atoms with Crippen LogP contribution in [0.3, 0.4) is 0 Å². The number of ether oxygens (including phenoxy) is 1. The van der Waals surface area contributed by atoms with Crippen LogP contribution in [0.5, 0.6) is 0 Å². The summed E-state index contributed by atoms with van der Waals surface area (Å²) in [7, 11) is 0. The summed E-state index contributed by atoms with van der Waals surface area (Å²) < 4.78 is 5.35. The maximum Gasteiger partial charge on any atom is 0.311 e. The van der Waals surface area contributed by atoms with E-state index in [4.69, 9.17) is 4.74 Å². The minimum atomic E-state index is -0.397. The number of hydrogen-bond acceptors (Lipinski definition) is 5. The van der Waals surface area contributed by atoms with Crippen molar-refractivity contribution in [2.45, 2.75) is 32.2 Å². The fourth-order valence-corrected chi connectivity index (χ4v) is 2.50. The Morgan fingerprint density at radius 3 is 2.95 bits per heavy atom. The molecule has 1 aromatic heterocycles. The third-order valence-electron chi connectivity index (χ3n) is 3.58. The Bertz CT molecular complexity index is 433. The summed E-state index contributed by atoms with van der Waals surface area (Å²) in [5.41, 5.74) is 0.0352. The molecular weight excluding hydrogens is 246 g/mol. The first-order valence-electron chi connectivity index (χ1n) is 6.66. The molecule has 1 aliphatic rings. The molecule has 0 amide bonds. The van der Waals surface area contributed by atoms with Gasteiger partial charge in [-0.15, -0.1) is 0 Å². The van der Waals surface area contributed by atoms with E-state index in [-0.39, 0.29) is 11.7 Å². The number of anilines is 1. The predicted octanol–water partition coefficient (Wildman–Crippen LogP) is 2.61. The normalized spacial score (nSPS) is 17.9. The summed E-state index contributed by atoms with van der Waals surface area (Å²) in [6.45, 7) is 3.63. The monoisotopic (exact) mass is 265 g/mol. The molecule has 19 heavy (non-hydrogen) atoms. The van der Waals surface area contributed by atoms with Crippen LogP contribution in [0.15, 0.2) is 18.3 Å². The largest absolute Gasteiger partial charge is 0.381 e. The average Bonchev–Trinajstić information content (AvgIpc) is 2.46. The van der Waals surface area contributed by atoms with E-state index >= 15 is 0 Å². The van der Waals surface area contributed by atoms with Crippen molar-refractivity contribution in [3.63, 3.8) is 0 Å². The predicted molar refractivity (Wildman–Crippen MR) is 72.1 cm³/mol. The van der Waals surface area contributed by atoms with Crippen LogP contribution in [-0.4, -0.2) is 29.2 Å². The maximum atomic E-state index is 11.0. The van der Waals surface area contributed by atoms with E-state index in [1.54, 1.807) is 12.3 Å². The molecule has 0 unspecified atom stereocenters. The molecule has 0 aliphatic carbocycles. The fourth-order valence-electron chi connectivity index (χ4n) is 2.50. The minimum Gasteiger partial charge on any atom is -0.381 e. The first-order chi connectivity index (χ1) is 9.22. The Morgan fingerprint density at radius 1 is 1.58 bits per heavy atom. The first kappa shape index (κ1) is 13.7. The molecule has 1 fully saturated rings. The van der Waals surface area contributed by atoms with Crippen LogP contribution in [0.4, 0.5) is 11.5 Å². The van der Waals surface area contributed by atoms with Crippen molar-refractivity contribution in [2.75, 3.05) is 18.5 Å². The lowest BCUT2D eigenvalue weighted by Gasteiger charge is -2.30. The van der Waals surface area contributed by atoms with Crippen molar-refractivity contribution in [1.29, 1.82) is 0 Å². The molecule has 6 heteroatoms. The summed E-state index contributed by atoms with van der Waals surface area (Å²) in [4.78, 5) is 14.7. The topological polar surface area (TPSA) is 77.3 Å². The molecule has 2 heterocycles. The second kappa shape index (κ2) is 6.47. The lowest BCUT2D eigenvalue weighted by molar-refractivity contribution is -0.384. The zero-order valence-corrected chi connectivity index (χ0v) is 11.0. The Morgan fingerprint density at radius 2 is 2.32 bits per heavy atom. The summed E-state index contributed by atoms with van der Waals surface area (Å²) in [5.74, 6) is 0.853. The number of nitrogens with one attached hydrogen (secondary N) is 1. The van der Waals surface area contributed by atoms with Crippen LogP contribution in [-0.2, 0) is 4.74 Å². The molecular formula is C13H19N3O3. The zero-order valence-electron chi connectivity index (χ0n) is 11.0. The number of hydrogen-bond donors (Lipinski definition) is 1. The number of aromatic nitrogens is 1. The highest BCUT2D eigenvalue weighted by molar-refractivity contribution is 5.55. The van der Waals surface area contributed by atoms with E-state index in [1.807, 2.05) is 0 Å². The van der Waals surface area contributed by atoms with Crippen molar-refractivity contribution in [3.05, 3.63) is 28.4 Å². The lowest BCUT2D eigenvalue weighted by atomic mass is 9.90. The van der Waals surface area contributed by atoms with Gasteiger partial charge in [0, 0.05) is 31.5 Å². The van der Waals surface area contributed by atoms with Crippen LogP contribution in [0.2, 0.25) is 0 Å². The smallest absolute Gasteiger partial charge is 0.311 e. The maximum absolute atomic E-state index is 11.0. The van der Waals surface area contributed by atoms with Gasteiger partial charge in [-0.05, 0) is 31.2 Å². The third kappa shape index (κ3) is 3.41. The van der Waals surface area contributed by atoms with Gasteiger partial charge in [0.1, 0.15) is 0 Å². The molecule has 104 valence electrons. The molecule has 2 rings (SSSR count). The molecule has 0 spiro atoms. The Hall–Kier alpha value is -1.69. The van der Waals surface area contributed by atoms with Crippen LogP contribution in [0, 0.1) is 16.0 Å². The van der Waals surface area contributed by atoms with Gasteiger partial charge in [-0.25, -0.2) is 4.98 Å². The van der Waals surface area contributed by atoms with Crippen molar-refractivity contribution in [2.24, 2.45) is 5.92 Å². The highest BCUT2D eigenvalue weighted by Gasteiger charge is 2.25. The molecule has 1 atom stereocenters. The van der Waals surface area contributed by atoms with Gasteiger partial charge < -0.3 is 10.1 Å². The van der Waals surface area contributed by atoms with Crippen molar-refractivity contribution in [1.82, 2.24) is 4.98 Å². The molecule has 0 radical (unpaired) electrons. The quantitative estimate of drug-likeness (QED) is 0.654.